The molecule has 1 fully saturated rings. The highest BCUT2D eigenvalue weighted by molar-refractivity contribution is 5.73. The van der Waals surface area contributed by atoms with Gasteiger partial charge in [-0.3, -0.25) is 4.90 Å². The largest absolute Gasteiger partial charge is 0.498 e. The Balaban J connectivity index is 2.46. The maximum absolute atomic E-state index is 8.43. The number of likely N-dealkylation sites (tertiary alicyclic amines) is 1. The maximum Gasteiger partial charge on any atom is 0.325 e. The lowest BCUT2D eigenvalue weighted by Crippen LogP contribution is -2.34. The minimum atomic E-state index is 0.750. The Bertz CT molecular complexity index is 152. The summed E-state index contributed by atoms with van der Waals surface area (Å²) in [7, 11) is 0. The van der Waals surface area contributed by atoms with Crippen LogP contribution in [0.5, 0.6) is 0 Å². The molecular weight excluding hydrogens is 126 g/mol. The maximum atomic E-state index is 8.43. The van der Waals surface area contributed by atoms with Crippen LogP contribution in [0.15, 0.2) is 0 Å². The summed E-state index contributed by atoms with van der Waals surface area (Å²) in [6.45, 7) is 3.94. The van der Waals surface area contributed by atoms with Gasteiger partial charge in [-0.1, -0.05) is 0 Å². The molecule has 10 heavy (non-hydrogen) atoms. The molecule has 0 bridgehead atoms. The molecule has 1 aliphatic heterocycles. The summed E-state index contributed by atoms with van der Waals surface area (Å²) < 4.78 is 0. The van der Waals surface area contributed by atoms with E-state index in [2.05, 4.69) is 9.69 Å². The Labute approximate surface area is 61.3 Å². The second-order valence-corrected chi connectivity index (χ2v) is 2.69. The number of nitrogens with zero attached hydrogens (tertiary/aromatic N) is 3. The number of hydrogen-bond donors (Lipinski definition) is 0. The van der Waals surface area contributed by atoms with Crippen molar-refractivity contribution >= 4 is 5.84 Å². The van der Waals surface area contributed by atoms with Crippen LogP contribution in [0.1, 0.15) is 26.2 Å². The summed E-state index contributed by atoms with van der Waals surface area (Å²) in [6.07, 6.45) is 3.77. The molecule has 0 spiro atoms. The monoisotopic (exact) mass is 139 g/mol. The lowest BCUT2D eigenvalue weighted by Gasteiger charge is -2.19. The van der Waals surface area contributed by atoms with E-state index >= 15 is 0 Å². The van der Waals surface area contributed by atoms with E-state index in [4.69, 9.17) is 5.53 Å². The van der Waals surface area contributed by atoms with Crippen LogP contribution in [0, 0.1) is 0 Å². The first-order valence-corrected chi connectivity index (χ1v) is 3.78. The zero-order valence-electron chi connectivity index (χ0n) is 6.38. The summed E-state index contributed by atoms with van der Waals surface area (Å²) in [5.41, 5.74) is 8.43. The molecule has 0 amide bonds. The fourth-order valence-corrected chi connectivity index (χ4v) is 1.28. The summed E-state index contributed by atoms with van der Waals surface area (Å²) >= 11 is 0. The molecule has 1 rings (SSSR count). The van der Waals surface area contributed by atoms with Crippen molar-refractivity contribution in [3.05, 3.63) is 5.53 Å². The highest BCUT2D eigenvalue weighted by Crippen LogP contribution is 2.07. The van der Waals surface area contributed by atoms with Crippen LogP contribution in [-0.4, -0.2) is 28.6 Å². The number of rotatable bonds is 0. The Morgan fingerprint density at radius 1 is 1.30 bits per heavy atom. The Hall–Kier alpha value is -0.820. The quantitative estimate of drug-likeness (QED) is 0.214. The number of hydrogen-bond acceptors (Lipinski definition) is 0. The first-order valence-electron chi connectivity index (χ1n) is 3.78. The van der Waals surface area contributed by atoms with Crippen LogP contribution in [0.4, 0.5) is 0 Å². The van der Waals surface area contributed by atoms with Gasteiger partial charge in [-0.25, -0.2) is 0 Å². The first kappa shape index (κ1) is 7.29. The molecule has 1 heterocycles. The predicted octanol–water partition coefficient (Wildman–Crippen LogP) is 1.12. The molecule has 0 aromatic rings. The first-order chi connectivity index (χ1) is 4.84. The van der Waals surface area contributed by atoms with E-state index in [1.54, 1.807) is 0 Å². The van der Waals surface area contributed by atoms with Crippen LogP contribution in [0.25, 0.3) is 5.53 Å². The van der Waals surface area contributed by atoms with E-state index in [1.807, 2.05) is 6.92 Å². The lowest BCUT2D eigenvalue weighted by atomic mass is 10.1. The molecule has 0 radical (unpaired) electrons. The van der Waals surface area contributed by atoms with Gasteiger partial charge in [0.05, 0.1) is 20.0 Å². The fourth-order valence-electron chi connectivity index (χ4n) is 1.28. The van der Waals surface area contributed by atoms with Gasteiger partial charge in [0.2, 0.25) is 0 Å². The topological polar surface area (TPSA) is 39.6 Å². The summed E-state index contributed by atoms with van der Waals surface area (Å²) in [6, 6.07) is 0. The van der Waals surface area contributed by atoms with Gasteiger partial charge in [0.15, 0.2) is 0 Å². The van der Waals surface area contributed by atoms with Crippen molar-refractivity contribution in [3.8, 4) is 0 Å². The Kier molecular flexibility index (Phi) is 2.46. The molecular formula is C7H13N3. The van der Waals surface area contributed by atoms with E-state index in [0.717, 1.165) is 18.9 Å². The zero-order chi connectivity index (χ0) is 7.40. The van der Waals surface area contributed by atoms with Crippen LogP contribution < -0.4 is 0 Å². The molecule has 1 saturated heterocycles. The van der Waals surface area contributed by atoms with Gasteiger partial charge < -0.3 is 10.3 Å². The third-order valence-corrected chi connectivity index (χ3v) is 1.96. The molecule has 0 unspecified atom stereocenters. The highest BCUT2D eigenvalue weighted by Gasteiger charge is 2.17. The zero-order valence-corrected chi connectivity index (χ0v) is 6.38. The van der Waals surface area contributed by atoms with Crippen LogP contribution >= 0.6 is 0 Å². The molecule has 0 N–H and O–H groups in total. The normalized spacial score (nSPS) is 18.3. The van der Waals surface area contributed by atoms with Crippen LogP contribution in [0.3, 0.4) is 0 Å². The minimum absolute atomic E-state index is 0.750. The third kappa shape index (κ3) is 1.58. The SMILES string of the molecule is CC(=[N+]=[N-])N1CCCCC1. The molecule has 1 aliphatic rings. The average Bonchev–Trinajstić information content (AvgIpc) is 2.05. The Morgan fingerprint density at radius 3 is 2.40 bits per heavy atom. The van der Waals surface area contributed by atoms with Crippen molar-refractivity contribution in [2.24, 2.45) is 0 Å². The minimum Gasteiger partial charge on any atom is -0.498 e. The number of amidine groups is 1. The van der Waals surface area contributed by atoms with Crippen LogP contribution in [0.2, 0.25) is 0 Å². The van der Waals surface area contributed by atoms with Crippen molar-refractivity contribution in [1.29, 1.82) is 0 Å². The van der Waals surface area contributed by atoms with Gasteiger partial charge in [-0.2, -0.15) is 0 Å². The molecule has 0 aliphatic carbocycles. The van der Waals surface area contributed by atoms with E-state index in [9.17, 15) is 0 Å². The summed E-state index contributed by atoms with van der Waals surface area (Å²) in [5.74, 6) is 0.750. The molecule has 0 atom stereocenters. The van der Waals surface area contributed by atoms with E-state index < -0.39 is 0 Å². The summed E-state index contributed by atoms with van der Waals surface area (Å²) in [5, 5.41) is 0. The smallest absolute Gasteiger partial charge is 0.325 e. The fraction of sp³-hybridized carbons (Fsp3) is 0.857. The lowest BCUT2D eigenvalue weighted by molar-refractivity contribution is -0.0260. The van der Waals surface area contributed by atoms with E-state index in [-0.39, 0.29) is 0 Å². The predicted molar refractivity (Wildman–Crippen MR) is 39.7 cm³/mol. The molecule has 3 heteroatoms. The second-order valence-electron chi connectivity index (χ2n) is 2.69. The van der Waals surface area contributed by atoms with Gasteiger partial charge in [0, 0.05) is 0 Å². The van der Waals surface area contributed by atoms with E-state index in [1.165, 1.54) is 19.3 Å². The van der Waals surface area contributed by atoms with Gasteiger partial charge in [-0.05, 0) is 19.3 Å². The van der Waals surface area contributed by atoms with Crippen molar-refractivity contribution in [2.45, 2.75) is 26.2 Å². The molecule has 3 nitrogen and oxygen atoms in total. The highest BCUT2D eigenvalue weighted by atomic mass is 15.2. The van der Waals surface area contributed by atoms with E-state index in [0.29, 0.717) is 0 Å². The average molecular weight is 139 g/mol. The van der Waals surface area contributed by atoms with Crippen molar-refractivity contribution in [2.75, 3.05) is 13.1 Å². The number of piperidine rings is 1. The third-order valence-electron chi connectivity index (χ3n) is 1.96. The van der Waals surface area contributed by atoms with Gasteiger partial charge in [0.1, 0.15) is 0 Å². The standard InChI is InChI=1S/C7H13N3/c1-7(9-8)10-5-3-2-4-6-10/h2-6H2,1H3. The molecule has 0 aromatic heterocycles. The van der Waals surface area contributed by atoms with Gasteiger partial charge in [0.25, 0.3) is 0 Å². The second kappa shape index (κ2) is 3.37. The van der Waals surface area contributed by atoms with Gasteiger partial charge in [-0.15, -0.1) is 0 Å². The molecule has 56 valence electrons. The summed E-state index contributed by atoms with van der Waals surface area (Å²) in [4.78, 5) is 5.27. The molecule has 0 aromatic carbocycles. The van der Waals surface area contributed by atoms with Crippen LogP contribution in [-0.2, 0) is 0 Å². The van der Waals surface area contributed by atoms with Crippen molar-refractivity contribution < 1.29 is 4.79 Å². The van der Waals surface area contributed by atoms with Crippen molar-refractivity contribution in [1.82, 2.24) is 4.90 Å². The van der Waals surface area contributed by atoms with Crippen molar-refractivity contribution in [3.63, 3.8) is 0 Å². The Morgan fingerprint density at radius 2 is 1.90 bits per heavy atom. The van der Waals surface area contributed by atoms with Gasteiger partial charge >= 0.3 is 5.84 Å². The molecule has 0 saturated carbocycles.